The maximum atomic E-state index is 12.9. The molecule has 1 saturated heterocycles. The molecule has 34 heavy (non-hydrogen) atoms. The van der Waals surface area contributed by atoms with Gasteiger partial charge in [0.05, 0.1) is 12.2 Å². The van der Waals surface area contributed by atoms with E-state index in [0.29, 0.717) is 31.0 Å². The van der Waals surface area contributed by atoms with E-state index < -0.39 is 12.1 Å². The van der Waals surface area contributed by atoms with Gasteiger partial charge >= 0.3 is 12.1 Å². The van der Waals surface area contributed by atoms with Crippen LogP contribution in [0.1, 0.15) is 46.3 Å². The van der Waals surface area contributed by atoms with Gasteiger partial charge < -0.3 is 15.7 Å². The third kappa shape index (κ3) is 5.95. The van der Waals surface area contributed by atoms with Crippen molar-refractivity contribution >= 4 is 11.9 Å². The predicted molar refractivity (Wildman–Crippen MR) is 112 cm³/mol. The number of hydrogen-bond acceptors (Lipinski definition) is 7. The van der Waals surface area contributed by atoms with Gasteiger partial charge in [-0.3, -0.25) is 9.89 Å². The van der Waals surface area contributed by atoms with Gasteiger partial charge in [0, 0.05) is 24.6 Å². The highest BCUT2D eigenvalue weighted by Gasteiger charge is 2.38. The summed E-state index contributed by atoms with van der Waals surface area (Å²) in [6.45, 7) is 3.71. The number of aliphatic carboxylic acids is 1. The molecule has 0 saturated carbocycles. The fourth-order valence-corrected chi connectivity index (χ4v) is 3.49. The second kappa shape index (κ2) is 10.4. The van der Waals surface area contributed by atoms with Crippen LogP contribution in [0.4, 0.5) is 13.2 Å². The highest BCUT2D eigenvalue weighted by atomic mass is 19.4. The molecule has 1 fully saturated rings. The first-order chi connectivity index (χ1) is 16.1. The summed E-state index contributed by atoms with van der Waals surface area (Å²) in [6, 6.07) is 5.67. The normalized spacial score (nSPS) is 14.4. The maximum absolute atomic E-state index is 12.9. The first-order valence-electron chi connectivity index (χ1n) is 10.3. The van der Waals surface area contributed by atoms with E-state index in [9.17, 15) is 18.0 Å². The molecule has 4 N–H and O–H groups in total. The number of nitrogens with zero attached hydrogens (tertiary/aromatic N) is 6. The molecule has 1 aromatic carbocycles. The first-order valence-corrected chi connectivity index (χ1v) is 10.3. The number of carboxylic acids is 1. The number of likely N-dealkylation sites (tertiary alicyclic amines) is 1. The highest BCUT2D eigenvalue weighted by Crippen LogP contribution is 2.27. The summed E-state index contributed by atoms with van der Waals surface area (Å²) >= 11 is 0. The average molecular weight is 480 g/mol. The van der Waals surface area contributed by atoms with E-state index in [1.165, 1.54) is 6.33 Å². The Morgan fingerprint density at radius 1 is 1.26 bits per heavy atom. The van der Waals surface area contributed by atoms with Crippen molar-refractivity contribution in [3.05, 3.63) is 53.6 Å². The van der Waals surface area contributed by atoms with Gasteiger partial charge in [-0.15, -0.1) is 0 Å². The summed E-state index contributed by atoms with van der Waals surface area (Å²) in [5.74, 6) is -0.934. The molecule has 3 aromatic rings. The molecular weight excluding hydrogens is 457 g/mol. The Balaban J connectivity index is 0.000000406. The van der Waals surface area contributed by atoms with Crippen molar-refractivity contribution in [2.45, 2.75) is 38.4 Å². The third-order valence-corrected chi connectivity index (χ3v) is 5.24. The molecule has 1 amide bonds. The number of aryl methyl sites for hydroxylation is 1. The zero-order valence-corrected chi connectivity index (χ0v) is 18.2. The summed E-state index contributed by atoms with van der Waals surface area (Å²) in [5, 5.41) is 18.4. The van der Waals surface area contributed by atoms with Crippen LogP contribution in [-0.2, 0) is 11.3 Å². The number of benzene rings is 1. The van der Waals surface area contributed by atoms with E-state index in [-0.39, 0.29) is 11.8 Å². The topological polar surface area (TPSA) is 156 Å². The summed E-state index contributed by atoms with van der Waals surface area (Å²) < 4.78 is 33.4. The van der Waals surface area contributed by atoms with Crippen molar-refractivity contribution in [1.29, 1.82) is 0 Å². The molecule has 0 atom stereocenters. The van der Waals surface area contributed by atoms with Gasteiger partial charge in [0.1, 0.15) is 18.5 Å². The average Bonchev–Trinajstić information content (AvgIpc) is 3.51. The van der Waals surface area contributed by atoms with E-state index >= 15 is 0 Å². The lowest BCUT2D eigenvalue weighted by Gasteiger charge is -2.31. The lowest BCUT2D eigenvalue weighted by atomic mass is 9.95. The minimum Gasteiger partial charge on any atom is -0.475 e. The van der Waals surface area contributed by atoms with E-state index in [0.717, 1.165) is 29.9 Å². The number of nitrogens with two attached hydrogens (primary N) is 1. The number of halogens is 3. The molecule has 0 aliphatic carbocycles. The smallest absolute Gasteiger partial charge is 0.475 e. The molecule has 4 rings (SSSR count). The maximum Gasteiger partial charge on any atom is 0.490 e. The van der Waals surface area contributed by atoms with E-state index in [4.69, 9.17) is 15.6 Å². The molecule has 1 aliphatic heterocycles. The Hall–Kier alpha value is -3.81. The Bertz CT molecular complexity index is 1120. The number of hydrogen-bond donors (Lipinski definition) is 3. The number of piperidine rings is 1. The van der Waals surface area contributed by atoms with Gasteiger partial charge in [0.2, 0.25) is 0 Å². The van der Waals surface area contributed by atoms with Crippen LogP contribution in [0, 0.1) is 6.92 Å². The summed E-state index contributed by atoms with van der Waals surface area (Å²) in [7, 11) is 0. The van der Waals surface area contributed by atoms with Gasteiger partial charge in [0.15, 0.2) is 5.82 Å². The first kappa shape index (κ1) is 24.8. The minimum absolute atomic E-state index is 0.0549. The van der Waals surface area contributed by atoms with Gasteiger partial charge in [-0.25, -0.2) is 19.4 Å². The van der Waals surface area contributed by atoms with Crippen molar-refractivity contribution in [2.75, 3.05) is 13.1 Å². The van der Waals surface area contributed by atoms with Crippen molar-refractivity contribution in [3.63, 3.8) is 0 Å². The number of alkyl halides is 3. The molecule has 0 unspecified atom stereocenters. The molecule has 11 nitrogen and oxygen atoms in total. The molecule has 0 spiro atoms. The molecule has 182 valence electrons. The van der Waals surface area contributed by atoms with E-state index in [2.05, 4.69) is 25.3 Å². The number of amides is 1. The van der Waals surface area contributed by atoms with Crippen LogP contribution in [-0.4, -0.2) is 71.1 Å². The Morgan fingerprint density at radius 3 is 2.44 bits per heavy atom. The zero-order chi connectivity index (χ0) is 24.9. The number of rotatable bonds is 4. The minimum atomic E-state index is -5.08. The van der Waals surface area contributed by atoms with Gasteiger partial charge in [-0.1, -0.05) is 0 Å². The molecule has 1 aliphatic rings. The Kier molecular flexibility index (Phi) is 7.61. The number of aromatic nitrogens is 6. The van der Waals surface area contributed by atoms with Crippen LogP contribution in [0.15, 0.2) is 30.9 Å². The number of carboxylic acid groups (broad SMARTS) is 1. The monoisotopic (exact) mass is 480 g/mol. The van der Waals surface area contributed by atoms with Crippen LogP contribution in [0.2, 0.25) is 0 Å². The quantitative estimate of drug-likeness (QED) is 0.510. The number of aromatic amines is 1. The lowest BCUT2D eigenvalue weighted by molar-refractivity contribution is -0.192. The fourth-order valence-electron chi connectivity index (χ4n) is 3.49. The SMILES string of the molecule is Cc1cc(C(=O)N2CCC(c3n[nH]c(CN)n3)CC2)ccc1-n1cncn1.O=C(O)C(F)(F)F. The van der Waals surface area contributed by atoms with Gasteiger partial charge in [0.25, 0.3) is 5.91 Å². The second-order valence-corrected chi connectivity index (χ2v) is 7.56. The summed E-state index contributed by atoms with van der Waals surface area (Å²) in [6.07, 6.45) is -0.242. The van der Waals surface area contributed by atoms with Crippen LogP contribution in [0.3, 0.4) is 0 Å². The molecule has 3 heterocycles. The predicted octanol–water partition coefficient (Wildman–Crippen LogP) is 1.81. The van der Waals surface area contributed by atoms with E-state index in [1.54, 1.807) is 11.0 Å². The van der Waals surface area contributed by atoms with Crippen molar-refractivity contribution in [1.82, 2.24) is 34.8 Å². The highest BCUT2D eigenvalue weighted by molar-refractivity contribution is 5.94. The van der Waals surface area contributed by atoms with Crippen LogP contribution in [0.25, 0.3) is 5.69 Å². The van der Waals surface area contributed by atoms with E-state index in [1.807, 2.05) is 30.0 Å². The van der Waals surface area contributed by atoms with Crippen molar-refractivity contribution < 1.29 is 27.9 Å². The van der Waals surface area contributed by atoms with Crippen LogP contribution < -0.4 is 5.73 Å². The molecule has 0 radical (unpaired) electrons. The summed E-state index contributed by atoms with van der Waals surface area (Å²) in [5.41, 5.74) is 8.17. The molecule has 2 aromatic heterocycles. The number of nitrogens with one attached hydrogen (secondary N) is 1. The van der Waals surface area contributed by atoms with Gasteiger partial charge in [-0.05, 0) is 43.5 Å². The largest absolute Gasteiger partial charge is 0.490 e. The standard InChI is InChI=1S/C18H22N8O.C2HF3O2/c1-12-8-14(2-3-15(12)26-11-20-10-21-26)18(27)25-6-4-13(5-7-25)17-22-16(9-19)23-24-17;3-2(4,5)1(6)7/h2-3,8,10-11,13H,4-7,9,19H2,1H3,(H,22,23,24);(H,6,7). The lowest BCUT2D eigenvalue weighted by Crippen LogP contribution is -2.38. The van der Waals surface area contributed by atoms with Crippen molar-refractivity contribution in [2.24, 2.45) is 5.73 Å². The number of carbonyl (C=O) groups excluding carboxylic acids is 1. The summed E-state index contributed by atoms with van der Waals surface area (Å²) in [4.78, 5) is 32.1. The van der Waals surface area contributed by atoms with Crippen LogP contribution in [0.5, 0.6) is 0 Å². The zero-order valence-electron chi connectivity index (χ0n) is 18.2. The molecular formula is C20H23F3N8O3. The van der Waals surface area contributed by atoms with Crippen molar-refractivity contribution in [3.8, 4) is 5.69 Å². The second-order valence-electron chi connectivity index (χ2n) is 7.56. The number of carbonyl (C=O) groups is 2. The molecule has 0 bridgehead atoms. The number of H-pyrrole nitrogens is 1. The third-order valence-electron chi connectivity index (χ3n) is 5.24. The van der Waals surface area contributed by atoms with Crippen LogP contribution >= 0.6 is 0 Å². The Morgan fingerprint density at radius 2 is 1.94 bits per heavy atom. The fraction of sp³-hybridized carbons (Fsp3) is 0.400. The molecule has 14 heteroatoms. The Labute approximate surface area is 191 Å². The van der Waals surface area contributed by atoms with Gasteiger partial charge in [-0.2, -0.15) is 23.4 Å².